The molecule has 0 aromatic carbocycles. The van der Waals surface area contributed by atoms with E-state index >= 15 is 0 Å². The normalized spacial score (nSPS) is 11.5. The molecule has 2 heterocycles. The second-order valence-corrected chi connectivity index (χ2v) is 4.90. The largest absolute Gasteiger partial charge is 0.400 e. The first-order valence-corrected chi connectivity index (χ1v) is 5.39. The van der Waals surface area contributed by atoms with Crippen LogP contribution in [0.25, 0.3) is 11.7 Å². The summed E-state index contributed by atoms with van der Waals surface area (Å²) < 4.78 is 5.41. The lowest BCUT2D eigenvalue weighted by Gasteiger charge is -2.17. The van der Waals surface area contributed by atoms with E-state index in [-0.39, 0.29) is 5.41 Å². The van der Waals surface area contributed by atoms with Crippen LogP contribution >= 0.6 is 0 Å². The third-order valence-electron chi connectivity index (χ3n) is 1.95. The van der Waals surface area contributed by atoms with Crippen LogP contribution in [0, 0.1) is 5.41 Å². The van der Waals surface area contributed by atoms with E-state index < -0.39 is 0 Å². The minimum atomic E-state index is 0.151. The zero-order valence-corrected chi connectivity index (χ0v) is 10.1. The van der Waals surface area contributed by atoms with Gasteiger partial charge in [-0.1, -0.05) is 25.9 Å². The highest BCUT2D eigenvalue weighted by Gasteiger charge is 2.14. The first kappa shape index (κ1) is 11.5. The molecule has 0 spiro atoms. The number of hydrogen-bond acceptors (Lipinski definition) is 6. The SMILES string of the molecule is CC(C)(C)CNc1nnc(-c2ncccn2)o1. The Morgan fingerprint density at radius 2 is 1.88 bits per heavy atom. The highest BCUT2D eigenvalue weighted by molar-refractivity contribution is 5.40. The van der Waals surface area contributed by atoms with Gasteiger partial charge in [-0.25, -0.2) is 9.97 Å². The highest BCUT2D eigenvalue weighted by Crippen LogP contribution is 2.17. The molecule has 90 valence electrons. The van der Waals surface area contributed by atoms with Gasteiger partial charge in [0.25, 0.3) is 5.89 Å². The summed E-state index contributed by atoms with van der Waals surface area (Å²) >= 11 is 0. The van der Waals surface area contributed by atoms with Gasteiger partial charge < -0.3 is 9.73 Å². The number of rotatable bonds is 3. The minimum Gasteiger partial charge on any atom is -0.400 e. The van der Waals surface area contributed by atoms with Crippen LogP contribution in [0.3, 0.4) is 0 Å². The summed E-state index contributed by atoms with van der Waals surface area (Å²) in [4.78, 5) is 8.07. The van der Waals surface area contributed by atoms with Gasteiger partial charge in [-0.3, -0.25) is 0 Å². The Morgan fingerprint density at radius 1 is 1.18 bits per heavy atom. The van der Waals surface area contributed by atoms with E-state index in [0.29, 0.717) is 17.7 Å². The van der Waals surface area contributed by atoms with E-state index in [4.69, 9.17) is 4.42 Å². The van der Waals surface area contributed by atoms with Crippen LogP contribution in [-0.4, -0.2) is 26.7 Å². The molecule has 0 saturated heterocycles. The van der Waals surface area contributed by atoms with Crippen molar-refractivity contribution in [3.8, 4) is 11.7 Å². The smallest absolute Gasteiger partial charge is 0.315 e. The van der Waals surface area contributed by atoms with Gasteiger partial charge in [-0.15, -0.1) is 5.10 Å². The number of nitrogens with one attached hydrogen (secondary N) is 1. The van der Waals surface area contributed by atoms with Crippen molar-refractivity contribution in [1.82, 2.24) is 20.2 Å². The zero-order valence-electron chi connectivity index (χ0n) is 10.1. The van der Waals surface area contributed by atoms with Gasteiger partial charge in [0, 0.05) is 18.9 Å². The third-order valence-corrected chi connectivity index (χ3v) is 1.95. The van der Waals surface area contributed by atoms with Crippen molar-refractivity contribution in [2.75, 3.05) is 11.9 Å². The average molecular weight is 233 g/mol. The third kappa shape index (κ3) is 3.24. The van der Waals surface area contributed by atoms with Crippen LogP contribution in [0.5, 0.6) is 0 Å². The summed E-state index contributed by atoms with van der Waals surface area (Å²) in [5.74, 6) is 0.755. The molecule has 0 aliphatic carbocycles. The van der Waals surface area contributed by atoms with Crippen molar-refractivity contribution in [3.63, 3.8) is 0 Å². The second-order valence-electron chi connectivity index (χ2n) is 4.90. The van der Waals surface area contributed by atoms with Gasteiger partial charge >= 0.3 is 6.01 Å². The fourth-order valence-corrected chi connectivity index (χ4v) is 1.14. The Balaban J connectivity index is 2.07. The molecular formula is C11H15N5O. The van der Waals surface area contributed by atoms with Crippen molar-refractivity contribution < 1.29 is 4.42 Å². The summed E-state index contributed by atoms with van der Waals surface area (Å²) in [5, 5.41) is 10.8. The molecule has 0 fully saturated rings. The molecule has 0 aliphatic heterocycles. The lowest BCUT2D eigenvalue weighted by molar-refractivity contribution is 0.434. The van der Waals surface area contributed by atoms with E-state index in [1.807, 2.05) is 0 Å². The van der Waals surface area contributed by atoms with Gasteiger partial charge in [-0.05, 0) is 11.5 Å². The predicted molar refractivity (Wildman–Crippen MR) is 63.3 cm³/mol. The van der Waals surface area contributed by atoms with Gasteiger partial charge in [0.1, 0.15) is 0 Å². The first-order chi connectivity index (χ1) is 8.04. The summed E-state index contributed by atoms with van der Waals surface area (Å²) in [6.45, 7) is 7.12. The van der Waals surface area contributed by atoms with Crippen LogP contribution in [0.4, 0.5) is 6.01 Å². The van der Waals surface area contributed by atoms with Gasteiger partial charge in [0.2, 0.25) is 5.82 Å². The standard InChI is InChI=1S/C11H15N5O/c1-11(2,3)7-14-10-16-15-9(17-10)8-12-5-4-6-13-8/h4-6H,7H2,1-3H3,(H,14,16). The lowest BCUT2D eigenvalue weighted by atomic mass is 9.97. The topological polar surface area (TPSA) is 76.7 Å². The summed E-state index contributed by atoms with van der Waals surface area (Å²) in [5.41, 5.74) is 0.151. The van der Waals surface area contributed by atoms with Crippen molar-refractivity contribution >= 4 is 6.01 Å². The van der Waals surface area contributed by atoms with E-state index in [1.165, 1.54) is 0 Å². The summed E-state index contributed by atoms with van der Waals surface area (Å²) in [6, 6.07) is 2.13. The first-order valence-electron chi connectivity index (χ1n) is 5.39. The maximum atomic E-state index is 5.41. The molecule has 17 heavy (non-hydrogen) atoms. The Bertz CT molecular complexity index is 474. The molecule has 0 bridgehead atoms. The van der Waals surface area contributed by atoms with E-state index in [9.17, 15) is 0 Å². The Kier molecular flexibility index (Phi) is 3.03. The van der Waals surface area contributed by atoms with Crippen LogP contribution in [0.15, 0.2) is 22.9 Å². The molecular weight excluding hydrogens is 218 g/mol. The Labute approximate surface area is 99.5 Å². The monoisotopic (exact) mass is 233 g/mol. The van der Waals surface area contributed by atoms with Crippen molar-refractivity contribution in [2.24, 2.45) is 5.41 Å². The molecule has 6 heteroatoms. The van der Waals surface area contributed by atoms with Crippen molar-refractivity contribution in [2.45, 2.75) is 20.8 Å². The maximum absolute atomic E-state index is 5.41. The second kappa shape index (κ2) is 4.48. The number of aromatic nitrogens is 4. The molecule has 0 radical (unpaired) electrons. The average Bonchev–Trinajstić information content (AvgIpc) is 2.75. The zero-order chi connectivity index (χ0) is 12.3. The molecule has 0 amide bonds. The van der Waals surface area contributed by atoms with Gasteiger partial charge in [0.05, 0.1) is 0 Å². The van der Waals surface area contributed by atoms with Crippen LogP contribution in [-0.2, 0) is 0 Å². The van der Waals surface area contributed by atoms with Crippen molar-refractivity contribution in [3.05, 3.63) is 18.5 Å². The molecule has 2 rings (SSSR count). The van der Waals surface area contributed by atoms with Crippen LogP contribution in [0.2, 0.25) is 0 Å². The van der Waals surface area contributed by atoms with E-state index in [0.717, 1.165) is 6.54 Å². The maximum Gasteiger partial charge on any atom is 0.315 e. The number of anilines is 1. The Morgan fingerprint density at radius 3 is 2.53 bits per heavy atom. The van der Waals surface area contributed by atoms with Gasteiger partial charge in [0.15, 0.2) is 0 Å². The van der Waals surface area contributed by atoms with E-state index in [2.05, 4.69) is 46.3 Å². The predicted octanol–water partition coefficient (Wildman–Crippen LogP) is 1.98. The Hall–Kier alpha value is -1.98. The number of hydrogen-bond donors (Lipinski definition) is 1. The molecule has 0 atom stereocenters. The molecule has 2 aromatic heterocycles. The highest BCUT2D eigenvalue weighted by atomic mass is 16.4. The number of nitrogens with zero attached hydrogens (tertiary/aromatic N) is 4. The summed E-state index contributed by atoms with van der Waals surface area (Å²) in [7, 11) is 0. The summed E-state index contributed by atoms with van der Waals surface area (Å²) in [6.07, 6.45) is 3.27. The van der Waals surface area contributed by atoms with Crippen molar-refractivity contribution in [1.29, 1.82) is 0 Å². The van der Waals surface area contributed by atoms with Crippen LogP contribution < -0.4 is 5.32 Å². The molecule has 0 unspecified atom stereocenters. The fourth-order valence-electron chi connectivity index (χ4n) is 1.14. The molecule has 0 aliphatic rings. The van der Waals surface area contributed by atoms with E-state index in [1.54, 1.807) is 18.5 Å². The molecule has 0 saturated carbocycles. The molecule has 2 aromatic rings. The fraction of sp³-hybridized carbons (Fsp3) is 0.455. The molecule has 6 nitrogen and oxygen atoms in total. The quantitative estimate of drug-likeness (QED) is 0.873. The lowest BCUT2D eigenvalue weighted by Crippen LogP contribution is -2.19. The van der Waals surface area contributed by atoms with Gasteiger partial charge in [-0.2, -0.15) is 0 Å². The van der Waals surface area contributed by atoms with Crippen LogP contribution in [0.1, 0.15) is 20.8 Å². The minimum absolute atomic E-state index is 0.151. The molecule has 1 N–H and O–H groups in total.